The van der Waals surface area contributed by atoms with Crippen LogP contribution >= 0.6 is 11.6 Å². The number of hydrogen-bond donors (Lipinski definition) is 3. The van der Waals surface area contributed by atoms with Crippen molar-refractivity contribution >= 4 is 32.4 Å². The third-order valence-electron chi connectivity index (χ3n) is 2.57. The van der Waals surface area contributed by atoms with Crippen molar-refractivity contribution in [1.82, 2.24) is 9.71 Å². The summed E-state index contributed by atoms with van der Waals surface area (Å²) in [4.78, 5) is 14.2. The fraction of sp³-hybridized carbons (Fsp3) is 0.182. The second-order valence-corrected chi connectivity index (χ2v) is 5.97. The van der Waals surface area contributed by atoms with Gasteiger partial charge in [-0.05, 0) is 18.2 Å². The van der Waals surface area contributed by atoms with Crippen LogP contribution in [0, 0.1) is 0 Å². The van der Waals surface area contributed by atoms with Gasteiger partial charge in [-0.25, -0.2) is 13.1 Å². The molecule has 102 valence electrons. The van der Waals surface area contributed by atoms with Crippen molar-refractivity contribution in [2.75, 3.05) is 13.1 Å². The number of halogens is 1. The average molecular weight is 302 g/mol. The molecule has 0 radical (unpaired) electrons. The molecule has 4 N–H and O–H groups in total. The SMILES string of the molecule is NCCNS(=O)(=O)c1ccc(Cl)c2cc[nH]c(=O)c12. The molecule has 0 atom stereocenters. The number of aromatic amines is 1. The van der Waals surface area contributed by atoms with Gasteiger partial charge in [0.15, 0.2) is 0 Å². The molecule has 0 saturated carbocycles. The van der Waals surface area contributed by atoms with Crippen LogP contribution in [0.4, 0.5) is 0 Å². The highest BCUT2D eigenvalue weighted by Crippen LogP contribution is 2.26. The summed E-state index contributed by atoms with van der Waals surface area (Å²) in [5.41, 5.74) is 4.76. The number of nitrogens with one attached hydrogen (secondary N) is 2. The summed E-state index contributed by atoms with van der Waals surface area (Å²) < 4.78 is 26.5. The minimum absolute atomic E-state index is 0.0412. The first kappa shape index (κ1) is 14.0. The molecule has 2 rings (SSSR count). The Bertz CT molecular complexity index is 770. The second-order valence-electron chi connectivity index (χ2n) is 3.83. The van der Waals surface area contributed by atoms with Crippen molar-refractivity contribution in [2.24, 2.45) is 5.73 Å². The van der Waals surface area contributed by atoms with E-state index in [1.54, 1.807) is 6.07 Å². The molecule has 0 aliphatic heterocycles. The zero-order valence-electron chi connectivity index (χ0n) is 9.81. The molecule has 0 aliphatic carbocycles. The van der Waals surface area contributed by atoms with Gasteiger partial charge in [-0.3, -0.25) is 4.79 Å². The molecule has 1 aromatic carbocycles. The van der Waals surface area contributed by atoms with Crippen LogP contribution in [0.3, 0.4) is 0 Å². The van der Waals surface area contributed by atoms with Crippen LogP contribution in [0.25, 0.3) is 10.8 Å². The summed E-state index contributed by atoms with van der Waals surface area (Å²) in [6.45, 7) is 0.262. The summed E-state index contributed by atoms with van der Waals surface area (Å²) in [6, 6.07) is 4.31. The monoisotopic (exact) mass is 301 g/mol. The molecule has 0 unspecified atom stereocenters. The fourth-order valence-corrected chi connectivity index (χ4v) is 3.22. The van der Waals surface area contributed by atoms with Crippen molar-refractivity contribution in [3.8, 4) is 0 Å². The van der Waals surface area contributed by atoms with Crippen molar-refractivity contribution in [1.29, 1.82) is 0 Å². The second kappa shape index (κ2) is 5.30. The van der Waals surface area contributed by atoms with Crippen molar-refractivity contribution in [3.05, 3.63) is 39.8 Å². The van der Waals surface area contributed by atoms with Crippen LogP contribution in [0.5, 0.6) is 0 Å². The van der Waals surface area contributed by atoms with E-state index in [-0.39, 0.29) is 23.4 Å². The Balaban J connectivity index is 2.76. The van der Waals surface area contributed by atoms with Gasteiger partial charge < -0.3 is 10.7 Å². The number of hydrogen-bond acceptors (Lipinski definition) is 4. The van der Waals surface area contributed by atoms with E-state index in [1.807, 2.05) is 0 Å². The Hall–Kier alpha value is -1.41. The Morgan fingerprint density at radius 3 is 2.74 bits per heavy atom. The van der Waals surface area contributed by atoms with Crippen molar-refractivity contribution < 1.29 is 8.42 Å². The summed E-state index contributed by atoms with van der Waals surface area (Å²) in [5.74, 6) is 0. The maximum atomic E-state index is 12.1. The highest BCUT2D eigenvalue weighted by Gasteiger charge is 2.19. The predicted molar refractivity (Wildman–Crippen MR) is 73.8 cm³/mol. The third kappa shape index (κ3) is 2.64. The van der Waals surface area contributed by atoms with Crippen LogP contribution in [0.1, 0.15) is 0 Å². The quantitative estimate of drug-likeness (QED) is 0.761. The van der Waals surface area contributed by atoms with Gasteiger partial charge in [0.25, 0.3) is 5.56 Å². The van der Waals surface area contributed by atoms with Crippen LogP contribution < -0.4 is 16.0 Å². The molecule has 8 heteroatoms. The van der Waals surface area contributed by atoms with E-state index in [0.717, 1.165) is 0 Å². The molecule has 0 bridgehead atoms. The lowest BCUT2D eigenvalue weighted by Crippen LogP contribution is -2.30. The van der Waals surface area contributed by atoms with Gasteiger partial charge in [-0.1, -0.05) is 11.6 Å². The van der Waals surface area contributed by atoms with E-state index >= 15 is 0 Å². The van der Waals surface area contributed by atoms with Gasteiger partial charge in [-0.2, -0.15) is 0 Å². The lowest BCUT2D eigenvalue weighted by atomic mass is 10.2. The Morgan fingerprint density at radius 1 is 1.32 bits per heavy atom. The van der Waals surface area contributed by atoms with Gasteiger partial charge >= 0.3 is 0 Å². The van der Waals surface area contributed by atoms with Crippen molar-refractivity contribution in [2.45, 2.75) is 4.90 Å². The Morgan fingerprint density at radius 2 is 2.05 bits per heavy atom. The number of sulfonamides is 1. The number of rotatable bonds is 4. The van der Waals surface area contributed by atoms with Gasteiger partial charge in [0.2, 0.25) is 10.0 Å². The maximum absolute atomic E-state index is 12.1. The smallest absolute Gasteiger partial charge is 0.257 e. The minimum atomic E-state index is -3.80. The molecule has 0 saturated heterocycles. The van der Waals surface area contributed by atoms with E-state index < -0.39 is 15.6 Å². The lowest BCUT2D eigenvalue weighted by molar-refractivity contribution is 0.583. The summed E-state index contributed by atoms with van der Waals surface area (Å²) >= 11 is 5.97. The first-order chi connectivity index (χ1) is 8.97. The highest BCUT2D eigenvalue weighted by molar-refractivity contribution is 7.89. The Labute approximate surface area is 114 Å². The van der Waals surface area contributed by atoms with Crippen molar-refractivity contribution in [3.63, 3.8) is 0 Å². The normalized spacial score (nSPS) is 11.9. The maximum Gasteiger partial charge on any atom is 0.257 e. The lowest BCUT2D eigenvalue weighted by Gasteiger charge is -2.09. The van der Waals surface area contributed by atoms with Gasteiger partial charge in [-0.15, -0.1) is 0 Å². The van der Waals surface area contributed by atoms with Gasteiger partial charge in [0.05, 0.1) is 10.3 Å². The standard InChI is InChI=1S/C11H12ClN3O3S/c12-8-1-2-9(19(17,18)15-6-4-13)10-7(8)3-5-14-11(10)16/h1-3,5,15H,4,6,13H2,(H,14,16). The highest BCUT2D eigenvalue weighted by atomic mass is 35.5. The van der Waals surface area contributed by atoms with E-state index in [1.165, 1.54) is 18.3 Å². The molecular formula is C11H12ClN3O3S. The third-order valence-corrected chi connectivity index (χ3v) is 4.40. The first-order valence-electron chi connectivity index (χ1n) is 5.47. The summed E-state index contributed by atoms with van der Waals surface area (Å²) in [6.07, 6.45) is 1.42. The number of pyridine rings is 1. The fourth-order valence-electron chi connectivity index (χ4n) is 1.74. The molecular weight excluding hydrogens is 290 g/mol. The van der Waals surface area contributed by atoms with Crippen LogP contribution in [0.15, 0.2) is 34.1 Å². The number of nitrogens with two attached hydrogens (primary N) is 1. The molecule has 0 amide bonds. The molecule has 0 fully saturated rings. The average Bonchev–Trinajstić information content (AvgIpc) is 2.37. The number of H-pyrrole nitrogens is 1. The van der Waals surface area contributed by atoms with Gasteiger partial charge in [0, 0.05) is 29.7 Å². The largest absolute Gasteiger partial charge is 0.329 e. The zero-order chi connectivity index (χ0) is 14.0. The first-order valence-corrected chi connectivity index (χ1v) is 7.33. The minimum Gasteiger partial charge on any atom is -0.329 e. The van der Waals surface area contributed by atoms with E-state index in [0.29, 0.717) is 10.4 Å². The molecule has 19 heavy (non-hydrogen) atoms. The van der Waals surface area contributed by atoms with E-state index in [2.05, 4.69) is 9.71 Å². The van der Waals surface area contributed by atoms with Crippen LogP contribution in [-0.2, 0) is 10.0 Å². The molecule has 0 aliphatic rings. The number of aromatic nitrogens is 1. The number of benzene rings is 1. The van der Waals surface area contributed by atoms with Crippen LogP contribution in [-0.4, -0.2) is 26.5 Å². The zero-order valence-corrected chi connectivity index (χ0v) is 11.4. The molecule has 6 nitrogen and oxygen atoms in total. The molecule has 2 aromatic rings. The van der Waals surface area contributed by atoms with Crippen LogP contribution in [0.2, 0.25) is 5.02 Å². The predicted octanol–water partition coefficient (Wildman–Crippen LogP) is 0.418. The van der Waals surface area contributed by atoms with E-state index in [9.17, 15) is 13.2 Å². The molecule has 1 aromatic heterocycles. The molecule has 0 spiro atoms. The van der Waals surface area contributed by atoms with Gasteiger partial charge in [0.1, 0.15) is 0 Å². The molecule has 1 heterocycles. The number of fused-ring (bicyclic) bond motifs is 1. The summed E-state index contributed by atoms with van der Waals surface area (Å²) in [5, 5.41) is 0.749. The summed E-state index contributed by atoms with van der Waals surface area (Å²) in [7, 11) is -3.80. The Kier molecular flexibility index (Phi) is 3.91. The topological polar surface area (TPSA) is 105 Å². The van der Waals surface area contributed by atoms with E-state index in [4.69, 9.17) is 17.3 Å².